The first-order chi connectivity index (χ1) is 19.8. The van der Waals surface area contributed by atoms with Gasteiger partial charge in [-0.3, -0.25) is 9.36 Å². The molecule has 5 rings (SSSR count). The Morgan fingerprint density at radius 1 is 1.12 bits per heavy atom. The predicted octanol–water partition coefficient (Wildman–Crippen LogP) is 5.18. The van der Waals surface area contributed by atoms with Crippen molar-refractivity contribution >= 4 is 35.0 Å². The Morgan fingerprint density at radius 3 is 2.59 bits per heavy atom. The molecule has 2 heterocycles. The van der Waals surface area contributed by atoms with E-state index >= 15 is 0 Å². The minimum atomic E-state index is -0.724. The molecular weight excluding hydrogens is 567 g/mol. The van der Waals surface area contributed by atoms with Gasteiger partial charge in [0.25, 0.3) is 5.56 Å². The van der Waals surface area contributed by atoms with Gasteiger partial charge in [-0.1, -0.05) is 53.3 Å². The number of thiazole rings is 1. The molecule has 0 spiro atoms. The van der Waals surface area contributed by atoms with Gasteiger partial charge in [0.2, 0.25) is 0 Å². The number of aromatic nitrogens is 1. The number of hydrogen-bond donors (Lipinski definition) is 0. The van der Waals surface area contributed by atoms with Gasteiger partial charge in [0, 0.05) is 5.56 Å². The number of methoxy groups -OCH3 is 1. The maximum Gasteiger partial charge on any atom is 0.338 e. The molecule has 41 heavy (non-hydrogen) atoms. The smallest absolute Gasteiger partial charge is 0.338 e. The van der Waals surface area contributed by atoms with Crippen molar-refractivity contribution in [3.63, 3.8) is 0 Å². The highest BCUT2D eigenvalue weighted by molar-refractivity contribution is 7.07. The van der Waals surface area contributed by atoms with E-state index in [1.54, 1.807) is 63.4 Å². The number of halogens is 2. The second-order valence-corrected chi connectivity index (χ2v) is 10.6. The SMILES string of the molecule is CCOC(=O)C1=C(C)N=c2s/c(=C\c3cccc(OCc4c(F)cccc4Cl)c3)c(=O)n2[C@@H]1c1ccc(OC)cc1. The van der Waals surface area contributed by atoms with Crippen molar-refractivity contribution in [1.82, 2.24) is 4.57 Å². The summed E-state index contributed by atoms with van der Waals surface area (Å²) in [6, 6.07) is 18.1. The maximum absolute atomic E-state index is 14.2. The van der Waals surface area contributed by atoms with Gasteiger partial charge in [-0.15, -0.1) is 0 Å². The van der Waals surface area contributed by atoms with Crippen LogP contribution in [0, 0.1) is 5.82 Å². The molecule has 0 fully saturated rings. The quantitative estimate of drug-likeness (QED) is 0.264. The van der Waals surface area contributed by atoms with Crippen molar-refractivity contribution in [2.45, 2.75) is 26.5 Å². The molecule has 1 aliphatic rings. The van der Waals surface area contributed by atoms with Gasteiger partial charge in [-0.2, -0.15) is 0 Å². The molecule has 7 nitrogen and oxygen atoms in total. The van der Waals surface area contributed by atoms with Crippen molar-refractivity contribution in [3.05, 3.63) is 125 Å². The zero-order valence-electron chi connectivity index (χ0n) is 22.5. The zero-order chi connectivity index (χ0) is 29.1. The summed E-state index contributed by atoms with van der Waals surface area (Å²) in [7, 11) is 1.57. The number of carbonyl (C=O) groups excluding carboxylic acids is 1. The van der Waals surface area contributed by atoms with Gasteiger partial charge in [-0.05, 0) is 67.4 Å². The van der Waals surface area contributed by atoms with Crippen LogP contribution in [0.3, 0.4) is 0 Å². The molecule has 4 aromatic rings. The summed E-state index contributed by atoms with van der Waals surface area (Å²) in [6.07, 6.45) is 1.74. The second kappa shape index (κ2) is 12.1. The summed E-state index contributed by atoms with van der Waals surface area (Å²) < 4.78 is 32.5. The third-order valence-electron chi connectivity index (χ3n) is 6.55. The lowest BCUT2D eigenvalue weighted by Gasteiger charge is -2.24. The average molecular weight is 593 g/mol. The zero-order valence-corrected chi connectivity index (χ0v) is 24.1. The number of ether oxygens (including phenoxy) is 3. The van der Waals surface area contributed by atoms with Crippen LogP contribution in [0.25, 0.3) is 6.08 Å². The molecule has 210 valence electrons. The molecule has 1 aliphatic heterocycles. The highest BCUT2D eigenvalue weighted by atomic mass is 35.5. The van der Waals surface area contributed by atoms with Crippen molar-refractivity contribution in [2.24, 2.45) is 4.99 Å². The van der Waals surface area contributed by atoms with Gasteiger partial charge in [0.1, 0.15) is 23.9 Å². The third kappa shape index (κ3) is 5.82. The molecule has 0 radical (unpaired) electrons. The van der Waals surface area contributed by atoms with E-state index in [9.17, 15) is 14.0 Å². The molecule has 0 unspecified atom stereocenters. The van der Waals surface area contributed by atoms with Gasteiger partial charge < -0.3 is 14.2 Å². The molecule has 0 saturated carbocycles. The molecule has 0 N–H and O–H groups in total. The molecule has 1 atom stereocenters. The van der Waals surface area contributed by atoms with Gasteiger partial charge in [-0.25, -0.2) is 14.2 Å². The van der Waals surface area contributed by atoms with Crippen LogP contribution in [0.1, 0.15) is 36.6 Å². The summed E-state index contributed by atoms with van der Waals surface area (Å²) in [5.74, 6) is 0.170. The Morgan fingerprint density at radius 2 is 1.88 bits per heavy atom. The Labute approximate surface area is 244 Å². The molecule has 0 bridgehead atoms. The van der Waals surface area contributed by atoms with Crippen LogP contribution in [0.2, 0.25) is 5.02 Å². The highest BCUT2D eigenvalue weighted by Gasteiger charge is 2.33. The van der Waals surface area contributed by atoms with Gasteiger partial charge >= 0.3 is 5.97 Å². The van der Waals surface area contributed by atoms with E-state index in [0.29, 0.717) is 37.7 Å². The first-order valence-electron chi connectivity index (χ1n) is 12.8. The minimum absolute atomic E-state index is 0.0467. The monoisotopic (exact) mass is 592 g/mol. The number of esters is 1. The van der Waals surface area contributed by atoms with E-state index in [1.807, 2.05) is 18.2 Å². The Balaban J connectivity index is 1.54. The van der Waals surface area contributed by atoms with Crippen molar-refractivity contribution in [1.29, 1.82) is 0 Å². The second-order valence-electron chi connectivity index (χ2n) is 9.14. The predicted molar refractivity (Wildman–Crippen MR) is 156 cm³/mol. The van der Waals surface area contributed by atoms with Crippen LogP contribution in [-0.2, 0) is 16.1 Å². The fraction of sp³-hybridized carbons (Fsp3) is 0.194. The maximum atomic E-state index is 14.2. The van der Waals surface area contributed by atoms with E-state index in [0.717, 1.165) is 5.56 Å². The molecule has 1 aromatic heterocycles. The van der Waals surface area contributed by atoms with Crippen LogP contribution in [0.5, 0.6) is 11.5 Å². The lowest BCUT2D eigenvalue weighted by atomic mass is 9.96. The van der Waals surface area contributed by atoms with E-state index < -0.39 is 17.8 Å². The summed E-state index contributed by atoms with van der Waals surface area (Å²) in [6.45, 7) is 3.61. The van der Waals surface area contributed by atoms with Crippen LogP contribution in [-0.4, -0.2) is 24.3 Å². The van der Waals surface area contributed by atoms with E-state index in [4.69, 9.17) is 25.8 Å². The van der Waals surface area contributed by atoms with E-state index in [2.05, 4.69) is 4.99 Å². The van der Waals surface area contributed by atoms with E-state index in [-0.39, 0.29) is 29.4 Å². The van der Waals surface area contributed by atoms with E-state index in [1.165, 1.54) is 28.0 Å². The molecule has 3 aromatic carbocycles. The molecular formula is C31H26ClFN2O5S. The fourth-order valence-electron chi connectivity index (χ4n) is 4.56. The molecule has 0 amide bonds. The van der Waals surface area contributed by atoms with Gasteiger partial charge in [0.15, 0.2) is 4.80 Å². The lowest BCUT2D eigenvalue weighted by molar-refractivity contribution is -0.139. The molecule has 0 aliphatic carbocycles. The van der Waals surface area contributed by atoms with Crippen LogP contribution < -0.4 is 24.4 Å². The van der Waals surface area contributed by atoms with Crippen molar-refractivity contribution < 1.29 is 23.4 Å². The number of fused-ring (bicyclic) bond motifs is 1. The van der Waals surface area contributed by atoms with Crippen LogP contribution in [0.15, 0.2) is 87.8 Å². The largest absolute Gasteiger partial charge is 0.497 e. The fourth-order valence-corrected chi connectivity index (χ4v) is 5.83. The topological polar surface area (TPSA) is 79.1 Å². The number of allylic oxidation sites excluding steroid dienone is 1. The summed E-state index contributed by atoms with van der Waals surface area (Å²) in [5.41, 5.74) is 2.18. The van der Waals surface area contributed by atoms with Crippen molar-refractivity contribution in [3.8, 4) is 11.5 Å². The number of carbonyl (C=O) groups is 1. The summed E-state index contributed by atoms with van der Waals surface area (Å²) in [4.78, 5) is 31.9. The number of benzene rings is 3. The highest BCUT2D eigenvalue weighted by Crippen LogP contribution is 2.31. The molecule has 10 heteroatoms. The van der Waals surface area contributed by atoms with Crippen molar-refractivity contribution in [2.75, 3.05) is 13.7 Å². The summed E-state index contributed by atoms with van der Waals surface area (Å²) >= 11 is 7.34. The Bertz CT molecular complexity index is 1810. The summed E-state index contributed by atoms with van der Waals surface area (Å²) in [5, 5.41) is 0.283. The van der Waals surface area contributed by atoms with Crippen LogP contribution >= 0.6 is 22.9 Å². The lowest BCUT2D eigenvalue weighted by Crippen LogP contribution is -2.39. The number of hydrogen-bond acceptors (Lipinski definition) is 7. The first-order valence-corrected chi connectivity index (χ1v) is 14.0. The van der Waals surface area contributed by atoms with Gasteiger partial charge in [0.05, 0.1) is 40.6 Å². The normalized spacial score (nSPS) is 14.9. The number of nitrogens with zero attached hydrogens (tertiary/aromatic N) is 2. The average Bonchev–Trinajstić information content (AvgIpc) is 3.26. The minimum Gasteiger partial charge on any atom is -0.497 e. The Kier molecular flexibility index (Phi) is 8.37. The standard InChI is InChI=1S/C31H26ClFN2O5S/c1-4-39-30(37)27-18(2)34-31-35(28(27)20-11-13-21(38-3)14-12-20)29(36)26(41-31)16-19-7-5-8-22(15-19)40-17-23-24(32)9-6-10-25(23)33/h5-16,28H,4,17H2,1-3H3/b26-16-/t28-/m1/s1. The van der Waals surface area contributed by atoms with Crippen LogP contribution in [0.4, 0.5) is 4.39 Å². The molecule has 0 saturated heterocycles. The Hall–Kier alpha value is -4.21. The number of rotatable bonds is 8. The third-order valence-corrected chi connectivity index (χ3v) is 7.89. The first kappa shape index (κ1) is 28.3.